The molecule has 0 unspecified atom stereocenters. The number of pyridine rings is 1. The molecule has 6 nitrogen and oxygen atoms in total. The maximum absolute atomic E-state index is 14.3. The zero-order valence-corrected chi connectivity index (χ0v) is 20.5. The number of nitrogens with zero attached hydrogens (tertiary/aromatic N) is 5. The Bertz CT molecular complexity index is 1280. The first-order valence-electron chi connectivity index (χ1n) is 12.8. The molecule has 1 aliphatic carbocycles. The molecule has 0 amide bonds. The molecule has 2 fully saturated rings. The second kappa shape index (κ2) is 11.2. The second-order valence-electron chi connectivity index (χ2n) is 10.0. The van der Waals surface area contributed by atoms with Crippen LogP contribution in [0.2, 0.25) is 0 Å². The number of hydrogen-bond donors (Lipinski definition) is 1. The lowest BCUT2D eigenvalue weighted by molar-refractivity contribution is 0.247. The quantitative estimate of drug-likeness (QED) is 0.407. The molecular weight excluding hydrogens is 477 g/mol. The smallest absolute Gasteiger partial charge is 0.232 e. The summed E-state index contributed by atoms with van der Waals surface area (Å²) >= 11 is 0. The van der Waals surface area contributed by atoms with Crippen molar-refractivity contribution in [1.82, 2.24) is 15.0 Å². The van der Waals surface area contributed by atoms with Crippen LogP contribution in [0.3, 0.4) is 0 Å². The van der Waals surface area contributed by atoms with Crippen LogP contribution in [0.15, 0.2) is 42.9 Å². The standard InChI is InChI=1S/C28H29F3N6/c29-23-13-25(31)24(30)12-22(23)19-7-8-33-27(11-19)36-26-6-2-1-5-20(26)10-18-4-3-9-37(17-18)21-15-34-28(14-32)35-16-21/h7-8,11-13,15-16,18,20,26H,1-6,9-10,17H2,(H,33,36)/t18-,20+,26-/m1/s1. The van der Waals surface area contributed by atoms with E-state index in [1.807, 2.05) is 6.07 Å². The number of hydrogen-bond acceptors (Lipinski definition) is 6. The highest BCUT2D eigenvalue weighted by molar-refractivity contribution is 5.67. The summed E-state index contributed by atoms with van der Waals surface area (Å²) in [5.74, 6) is -1.29. The molecule has 5 rings (SSSR count). The van der Waals surface area contributed by atoms with E-state index in [9.17, 15) is 13.2 Å². The Morgan fingerprint density at radius 2 is 1.73 bits per heavy atom. The van der Waals surface area contributed by atoms with Crippen LogP contribution in [0.5, 0.6) is 0 Å². The highest BCUT2D eigenvalue weighted by Gasteiger charge is 2.30. The minimum Gasteiger partial charge on any atom is -0.369 e. The van der Waals surface area contributed by atoms with Crippen molar-refractivity contribution >= 4 is 11.5 Å². The van der Waals surface area contributed by atoms with Gasteiger partial charge in [0.15, 0.2) is 11.6 Å². The maximum Gasteiger partial charge on any atom is 0.232 e. The number of aromatic nitrogens is 3. The van der Waals surface area contributed by atoms with Gasteiger partial charge in [0.05, 0.1) is 18.1 Å². The molecular formula is C28H29F3N6. The van der Waals surface area contributed by atoms with Crippen molar-refractivity contribution in [2.24, 2.45) is 11.8 Å². The SMILES string of the molecule is N#Cc1ncc(N2CCC[C@H](C[C@@H]3CCCC[C@H]3Nc3cc(-c4cc(F)c(F)cc4F)ccn3)C2)cn1. The predicted molar refractivity (Wildman–Crippen MR) is 135 cm³/mol. The van der Waals surface area contributed by atoms with Gasteiger partial charge in [-0.1, -0.05) is 12.8 Å². The number of nitrogens with one attached hydrogen (secondary N) is 1. The molecule has 2 aliphatic rings. The molecule has 3 aromatic rings. The molecule has 3 heterocycles. The van der Waals surface area contributed by atoms with Crippen molar-refractivity contribution in [2.45, 2.75) is 51.0 Å². The maximum atomic E-state index is 14.3. The lowest BCUT2D eigenvalue weighted by atomic mass is 9.77. The van der Waals surface area contributed by atoms with Crippen LogP contribution in [0.4, 0.5) is 24.7 Å². The van der Waals surface area contributed by atoms with Gasteiger partial charge in [-0.15, -0.1) is 0 Å². The van der Waals surface area contributed by atoms with Crippen molar-refractivity contribution in [3.63, 3.8) is 0 Å². The number of nitriles is 1. The van der Waals surface area contributed by atoms with Gasteiger partial charge in [0.2, 0.25) is 5.82 Å². The number of rotatable bonds is 6. The minimum absolute atomic E-state index is 0.0126. The number of piperidine rings is 1. The topological polar surface area (TPSA) is 77.7 Å². The van der Waals surface area contributed by atoms with E-state index in [1.165, 1.54) is 12.8 Å². The van der Waals surface area contributed by atoms with Gasteiger partial charge in [0, 0.05) is 37.0 Å². The van der Waals surface area contributed by atoms with Gasteiger partial charge in [0.1, 0.15) is 17.7 Å². The Labute approximate surface area is 214 Å². The van der Waals surface area contributed by atoms with E-state index in [0.29, 0.717) is 29.3 Å². The highest BCUT2D eigenvalue weighted by Crippen LogP contribution is 2.35. The summed E-state index contributed by atoms with van der Waals surface area (Å²) in [7, 11) is 0. The third kappa shape index (κ3) is 5.85. The fraction of sp³-hybridized carbons (Fsp3) is 0.429. The molecule has 1 aliphatic heterocycles. The van der Waals surface area contributed by atoms with Gasteiger partial charge >= 0.3 is 0 Å². The monoisotopic (exact) mass is 506 g/mol. The Kier molecular flexibility index (Phi) is 7.54. The molecule has 1 saturated heterocycles. The lowest BCUT2D eigenvalue weighted by Gasteiger charge is -2.39. The number of halogens is 3. The molecule has 0 bridgehead atoms. The largest absolute Gasteiger partial charge is 0.369 e. The normalized spacial score (nSPS) is 21.9. The van der Waals surface area contributed by atoms with Gasteiger partial charge in [-0.05, 0) is 67.7 Å². The van der Waals surface area contributed by atoms with Gasteiger partial charge in [-0.3, -0.25) is 0 Å². The minimum atomic E-state index is -1.20. The van der Waals surface area contributed by atoms with E-state index in [2.05, 4.69) is 25.2 Å². The zero-order valence-electron chi connectivity index (χ0n) is 20.5. The third-order valence-corrected chi connectivity index (χ3v) is 7.58. The highest BCUT2D eigenvalue weighted by atomic mass is 19.2. The molecule has 2 aromatic heterocycles. The van der Waals surface area contributed by atoms with Crippen LogP contribution in [-0.2, 0) is 0 Å². The molecule has 1 saturated carbocycles. The molecule has 9 heteroatoms. The van der Waals surface area contributed by atoms with Crippen LogP contribution in [0, 0.1) is 40.6 Å². The first kappa shape index (κ1) is 25.0. The second-order valence-corrected chi connectivity index (χ2v) is 10.0. The van der Waals surface area contributed by atoms with Gasteiger partial charge < -0.3 is 10.2 Å². The Morgan fingerprint density at radius 1 is 0.946 bits per heavy atom. The predicted octanol–water partition coefficient (Wildman–Crippen LogP) is 6.10. The van der Waals surface area contributed by atoms with Gasteiger partial charge in [0.25, 0.3) is 0 Å². The van der Waals surface area contributed by atoms with Crippen LogP contribution < -0.4 is 10.2 Å². The summed E-state index contributed by atoms with van der Waals surface area (Å²) in [4.78, 5) is 15.0. The first-order valence-corrected chi connectivity index (χ1v) is 12.8. The lowest BCUT2D eigenvalue weighted by Crippen LogP contribution is -2.39. The molecule has 0 spiro atoms. The van der Waals surface area contributed by atoms with Crippen molar-refractivity contribution in [1.29, 1.82) is 5.26 Å². The van der Waals surface area contributed by atoms with E-state index in [-0.39, 0.29) is 17.4 Å². The summed E-state index contributed by atoms with van der Waals surface area (Å²) in [6, 6.07) is 6.97. The molecule has 3 atom stereocenters. The zero-order chi connectivity index (χ0) is 25.8. The fourth-order valence-electron chi connectivity index (χ4n) is 5.75. The van der Waals surface area contributed by atoms with Crippen LogP contribution in [0.25, 0.3) is 11.1 Å². The molecule has 0 radical (unpaired) electrons. The number of anilines is 2. The van der Waals surface area contributed by atoms with E-state index >= 15 is 0 Å². The average Bonchev–Trinajstić information content (AvgIpc) is 2.92. The van der Waals surface area contributed by atoms with E-state index in [0.717, 1.165) is 56.9 Å². The molecule has 1 N–H and O–H groups in total. The van der Waals surface area contributed by atoms with Crippen LogP contribution in [0.1, 0.15) is 50.8 Å². The fourth-order valence-corrected chi connectivity index (χ4v) is 5.75. The summed E-state index contributed by atoms with van der Waals surface area (Å²) < 4.78 is 41.5. The summed E-state index contributed by atoms with van der Waals surface area (Å²) in [5.41, 5.74) is 1.42. The number of benzene rings is 1. The summed E-state index contributed by atoms with van der Waals surface area (Å²) in [6.45, 7) is 1.89. The van der Waals surface area contributed by atoms with Crippen molar-refractivity contribution < 1.29 is 13.2 Å². The summed E-state index contributed by atoms with van der Waals surface area (Å²) in [5, 5.41) is 12.5. The van der Waals surface area contributed by atoms with Crippen molar-refractivity contribution in [2.75, 3.05) is 23.3 Å². The Hall–Kier alpha value is -3.67. The van der Waals surface area contributed by atoms with Crippen LogP contribution >= 0.6 is 0 Å². The first-order chi connectivity index (χ1) is 18.0. The molecule has 1 aromatic carbocycles. The molecule has 37 heavy (non-hydrogen) atoms. The van der Waals surface area contributed by atoms with Crippen LogP contribution in [-0.4, -0.2) is 34.1 Å². The van der Waals surface area contributed by atoms with Gasteiger partial charge in [-0.25, -0.2) is 28.1 Å². The van der Waals surface area contributed by atoms with Crippen molar-refractivity contribution in [3.05, 3.63) is 66.1 Å². The van der Waals surface area contributed by atoms with Gasteiger partial charge in [-0.2, -0.15) is 5.26 Å². The third-order valence-electron chi connectivity index (χ3n) is 7.58. The van der Waals surface area contributed by atoms with Crippen molar-refractivity contribution in [3.8, 4) is 17.2 Å². The summed E-state index contributed by atoms with van der Waals surface area (Å²) in [6.07, 6.45) is 12.8. The van der Waals surface area contributed by atoms with E-state index in [1.54, 1.807) is 30.7 Å². The average molecular weight is 507 g/mol. The Morgan fingerprint density at radius 3 is 2.54 bits per heavy atom. The van der Waals surface area contributed by atoms with E-state index in [4.69, 9.17) is 5.26 Å². The molecule has 192 valence electrons. The Balaban J connectivity index is 1.26. The van der Waals surface area contributed by atoms with E-state index < -0.39 is 17.5 Å².